The number of ether oxygens (including phenoxy) is 4. The third-order valence-electron chi connectivity index (χ3n) is 3.97. The highest BCUT2D eigenvalue weighted by molar-refractivity contribution is 5.81. The molecular weight excluding hydrogens is 438 g/mol. The number of nitro benzene ring substituents is 2. The van der Waals surface area contributed by atoms with Crippen molar-refractivity contribution in [3.63, 3.8) is 0 Å². The molecule has 174 valence electrons. The van der Waals surface area contributed by atoms with Crippen LogP contribution in [0.1, 0.15) is 12.8 Å². The number of nitrogens with one attached hydrogen (secondary N) is 1. The van der Waals surface area contributed by atoms with Gasteiger partial charge in [0.2, 0.25) is 0 Å². The minimum absolute atomic E-state index is 0.0357. The van der Waals surface area contributed by atoms with Gasteiger partial charge in [0.05, 0.1) is 23.1 Å². The van der Waals surface area contributed by atoms with Gasteiger partial charge in [0.25, 0.3) is 11.4 Å². The van der Waals surface area contributed by atoms with E-state index >= 15 is 0 Å². The molecule has 0 aliphatic carbocycles. The van der Waals surface area contributed by atoms with E-state index in [1.807, 2.05) is 0 Å². The maximum atomic E-state index is 11.7. The fraction of sp³-hybridized carbons (Fsp3) is 0.238. The molecule has 2 rings (SSSR count). The SMILES string of the molecule is N=C(CCO/C=C/Oc1ccc([N+](=O)[O-])cc1)CCOCC(=O)Oc1ccc([N+](=O)[O-])cc1. The lowest BCUT2D eigenvalue weighted by Gasteiger charge is -2.06. The van der Waals surface area contributed by atoms with E-state index < -0.39 is 15.8 Å². The predicted octanol–water partition coefficient (Wildman–Crippen LogP) is 3.79. The first-order chi connectivity index (χ1) is 15.8. The van der Waals surface area contributed by atoms with Crippen molar-refractivity contribution >= 4 is 23.1 Å². The molecule has 33 heavy (non-hydrogen) atoms. The van der Waals surface area contributed by atoms with Gasteiger partial charge >= 0.3 is 5.97 Å². The first-order valence-corrected chi connectivity index (χ1v) is 9.62. The highest BCUT2D eigenvalue weighted by Gasteiger charge is 2.09. The van der Waals surface area contributed by atoms with Crippen LogP contribution in [-0.2, 0) is 14.3 Å². The summed E-state index contributed by atoms with van der Waals surface area (Å²) < 4.78 is 20.6. The molecule has 0 aliphatic rings. The molecule has 0 heterocycles. The van der Waals surface area contributed by atoms with Crippen LogP contribution in [0, 0.1) is 25.6 Å². The highest BCUT2D eigenvalue weighted by atomic mass is 16.6. The Morgan fingerprint density at radius 3 is 1.97 bits per heavy atom. The van der Waals surface area contributed by atoms with Gasteiger partial charge in [-0.2, -0.15) is 0 Å². The maximum Gasteiger partial charge on any atom is 0.337 e. The van der Waals surface area contributed by atoms with Crippen LogP contribution in [0.2, 0.25) is 0 Å². The van der Waals surface area contributed by atoms with Gasteiger partial charge in [-0.05, 0) is 24.3 Å². The lowest BCUT2D eigenvalue weighted by Crippen LogP contribution is -2.17. The van der Waals surface area contributed by atoms with E-state index in [9.17, 15) is 25.0 Å². The lowest BCUT2D eigenvalue weighted by atomic mass is 10.2. The summed E-state index contributed by atoms with van der Waals surface area (Å²) in [6.07, 6.45) is 3.24. The summed E-state index contributed by atoms with van der Waals surface area (Å²) in [7, 11) is 0. The number of hydrogen-bond acceptors (Lipinski definition) is 10. The number of carbonyl (C=O) groups excluding carboxylic acids is 1. The first-order valence-electron chi connectivity index (χ1n) is 9.62. The number of esters is 1. The van der Waals surface area contributed by atoms with Crippen LogP contribution in [0.25, 0.3) is 0 Å². The van der Waals surface area contributed by atoms with Gasteiger partial charge in [0.1, 0.15) is 30.6 Å². The van der Waals surface area contributed by atoms with Crippen molar-refractivity contribution in [1.82, 2.24) is 0 Å². The van der Waals surface area contributed by atoms with Crippen molar-refractivity contribution in [2.24, 2.45) is 0 Å². The fourth-order valence-corrected chi connectivity index (χ4v) is 2.31. The lowest BCUT2D eigenvalue weighted by molar-refractivity contribution is -0.385. The van der Waals surface area contributed by atoms with E-state index in [0.29, 0.717) is 24.3 Å². The number of carbonyl (C=O) groups is 1. The quantitative estimate of drug-likeness (QED) is 0.0841. The monoisotopic (exact) mass is 459 g/mol. The summed E-state index contributed by atoms with van der Waals surface area (Å²) >= 11 is 0. The normalized spacial score (nSPS) is 10.5. The Balaban J connectivity index is 1.52. The Morgan fingerprint density at radius 2 is 1.39 bits per heavy atom. The molecule has 0 saturated heterocycles. The Morgan fingerprint density at radius 1 is 0.848 bits per heavy atom. The van der Waals surface area contributed by atoms with Crippen LogP contribution in [0.3, 0.4) is 0 Å². The molecule has 0 spiro atoms. The highest BCUT2D eigenvalue weighted by Crippen LogP contribution is 2.18. The molecule has 2 aromatic carbocycles. The Hall–Kier alpha value is -4.32. The smallest absolute Gasteiger partial charge is 0.337 e. The van der Waals surface area contributed by atoms with Crippen molar-refractivity contribution in [1.29, 1.82) is 5.41 Å². The first kappa shape index (κ1) is 24.9. The second-order valence-corrected chi connectivity index (χ2v) is 6.39. The summed E-state index contributed by atoms with van der Waals surface area (Å²) in [5.41, 5.74) is 0.218. The standard InChI is InChI=1S/C21H21N3O9/c22-16(9-11-30-13-14-32-19-5-1-17(2-6-19)23(26)27)10-12-31-15-21(25)33-20-7-3-18(4-8-20)24(28)29/h1-8,13-14,22H,9-12,15H2/b14-13+,22-16?. The number of nitro groups is 2. The van der Waals surface area contributed by atoms with Gasteiger partial charge < -0.3 is 24.4 Å². The van der Waals surface area contributed by atoms with Gasteiger partial charge in [-0.25, -0.2) is 4.79 Å². The van der Waals surface area contributed by atoms with E-state index in [0.717, 1.165) is 0 Å². The predicted molar refractivity (Wildman–Crippen MR) is 115 cm³/mol. The van der Waals surface area contributed by atoms with Gasteiger partial charge in [-0.1, -0.05) is 0 Å². The van der Waals surface area contributed by atoms with Crippen LogP contribution < -0.4 is 9.47 Å². The van der Waals surface area contributed by atoms with Gasteiger partial charge in [0, 0.05) is 42.8 Å². The molecule has 0 aromatic heterocycles. The average molecular weight is 459 g/mol. The van der Waals surface area contributed by atoms with Crippen molar-refractivity contribution < 1.29 is 33.6 Å². The minimum Gasteiger partial charge on any atom is -0.498 e. The van der Waals surface area contributed by atoms with Crippen LogP contribution in [0.5, 0.6) is 11.5 Å². The zero-order valence-electron chi connectivity index (χ0n) is 17.4. The van der Waals surface area contributed by atoms with Crippen molar-refractivity contribution in [2.75, 3.05) is 19.8 Å². The molecule has 12 nitrogen and oxygen atoms in total. The molecule has 0 saturated carbocycles. The largest absolute Gasteiger partial charge is 0.498 e. The summed E-state index contributed by atoms with van der Waals surface area (Å²) in [6, 6.07) is 10.6. The molecule has 2 aromatic rings. The number of nitrogens with zero attached hydrogens (tertiary/aromatic N) is 2. The second-order valence-electron chi connectivity index (χ2n) is 6.39. The topological polar surface area (TPSA) is 164 Å². The molecular formula is C21H21N3O9. The molecule has 0 aliphatic heterocycles. The third kappa shape index (κ3) is 9.57. The fourth-order valence-electron chi connectivity index (χ4n) is 2.31. The summed E-state index contributed by atoms with van der Waals surface area (Å²) in [5.74, 6) is -0.0703. The van der Waals surface area contributed by atoms with E-state index in [4.69, 9.17) is 24.4 Å². The zero-order valence-corrected chi connectivity index (χ0v) is 17.4. The Bertz CT molecular complexity index is 989. The molecule has 0 radical (unpaired) electrons. The number of non-ortho nitro benzene ring substituents is 2. The molecule has 12 heteroatoms. The summed E-state index contributed by atoms with van der Waals surface area (Å²) in [4.78, 5) is 31.8. The van der Waals surface area contributed by atoms with Gasteiger partial charge in [0.15, 0.2) is 0 Å². The van der Waals surface area contributed by atoms with Gasteiger partial charge in [-0.3, -0.25) is 20.2 Å². The minimum atomic E-state index is -0.656. The molecule has 1 N–H and O–H groups in total. The molecule has 0 fully saturated rings. The molecule has 0 unspecified atom stereocenters. The van der Waals surface area contributed by atoms with Gasteiger partial charge in [-0.15, -0.1) is 0 Å². The zero-order chi connectivity index (χ0) is 24.1. The Labute approximate surface area is 188 Å². The van der Waals surface area contributed by atoms with Crippen LogP contribution >= 0.6 is 0 Å². The van der Waals surface area contributed by atoms with Crippen LogP contribution in [0.15, 0.2) is 61.1 Å². The van der Waals surface area contributed by atoms with E-state index in [2.05, 4.69) is 0 Å². The van der Waals surface area contributed by atoms with Crippen molar-refractivity contribution in [3.05, 3.63) is 81.3 Å². The molecule has 0 atom stereocenters. The van der Waals surface area contributed by atoms with Crippen molar-refractivity contribution in [2.45, 2.75) is 12.8 Å². The summed E-state index contributed by atoms with van der Waals surface area (Å²) in [6.45, 7) is 0.0674. The van der Waals surface area contributed by atoms with Crippen molar-refractivity contribution in [3.8, 4) is 11.5 Å². The molecule has 0 bridgehead atoms. The third-order valence-corrected chi connectivity index (χ3v) is 3.97. The summed E-state index contributed by atoms with van der Waals surface area (Å²) in [5, 5.41) is 29.0. The van der Waals surface area contributed by atoms with Crippen LogP contribution in [-0.4, -0.2) is 41.3 Å². The average Bonchev–Trinajstić information content (AvgIpc) is 2.79. The Kier molecular flexibility index (Phi) is 9.95. The van der Waals surface area contributed by atoms with Crippen LogP contribution in [0.4, 0.5) is 11.4 Å². The van der Waals surface area contributed by atoms with E-state index in [1.54, 1.807) is 0 Å². The second kappa shape index (κ2) is 13.2. The molecule has 0 amide bonds. The van der Waals surface area contributed by atoms with E-state index in [-0.39, 0.29) is 36.9 Å². The maximum absolute atomic E-state index is 11.7. The number of hydrogen-bond donors (Lipinski definition) is 1. The number of rotatable bonds is 14. The van der Waals surface area contributed by atoms with E-state index in [1.165, 1.54) is 61.1 Å². The number of benzene rings is 2.